The Hall–Kier alpha value is -1.06. The van der Waals surface area contributed by atoms with Gasteiger partial charge in [0.15, 0.2) is 0 Å². The molecule has 1 aliphatic rings. The highest BCUT2D eigenvalue weighted by atomic mass is 16.5. The minimum absolute atomic E-state index is 0.136. The second-order valence-electron chi connectivity index (χ2n) is 5.60. The summed E-state index contributed by atoms with van der Waals surface area (Å²) in [5.74, 6) is 0.837. The molecule has 1 aromatic carbocycles. The molecule has 2 rings (SSSR count). The van der Waals surface area contributed by atoms with E-state index in [0.29, 0.717) is 13.2 Å². The van der Waals surface area contributed by atoms with E-state index in [4.69, 9.17) is 10.5 Å². The molecule has 1 aromatic rings. The fourth-order valence-corrected chi connectivity index (χ4v) is 3.02. The van der Waals surface area contributed by atoms with Gasteiger partial charge in [0, 0.05) is 12.0 Å². The monoisotopic (exact) mass is 263 g/mol. The summed E-state index contributed by atoms with van der Waals surface area (Å²) in [6.07, 6.45) is 4.88. The maximum absolute atomic E-state index is 10.7. The summed E-state index contributed by atoms with van der Waals surface area (Å²) in [6.45, 7) is 3.34. The SMILES string of the molecule is CCCOc1cccc(C(O)C2(CN)CCCC2)c1. The Labute approximate surface area is 115 Å². The van der Waals surface area contributed by atoms with Gasteiger partial charge < -0.3 is 15.6 Å². The summed E-state index contributed by atoms with van der Waals surface area (Å²) in [6, 6.07) is 7.81. The standard InChI is InChI=1S/C16H25NO2/c1-2-10-19-14-7-5-6-13(11-14)15(18)16(12-17)8-3-4-9-16/h5-7,11,15,18H,2-4,8-10,12,17H2,1H3. The van der Waals surface area contributed by atoms with Crippen molar-refractivity contribution in [1.82, 2.24) is 0 Å². The van der Waals surface area contributed by atoms with Gasteiger partial charge in [-0.3, -0.25) is 0 Å². The van der Waals surface area contributed by atoms with Gasteiger partial charge in [0.25, 0.3) is 0 Å². The average molecular weight is 263 g/mol. The van der Waals surface area contributed by atoms with Crippen molar-refractivity contribution in [2.45, 2.75) is 45.1 Å². The molecule has 0 bridgehead atoms. The average Bonchev–Trinajstić information content (AvgIpc) is 2.94. The molecule has 1 atom stereocenters. The number of aliphatic hydroxyl groups is 1. The lowest BCUT2D eigenvalue weighted by Gasteiger charge is -2.33. The first kappa shape index (κ1) is 14.4. The number of ether oxygens (including phenoxy) is 1. The van der Waals surface area contributed by atoms with Crippen molar-refractivity contribution in [2.24, 2.45) is 11.1 Å². The highest BCUT2D eigenvalue weighted by Crippen LogP contribution is 2.47. The van der Waals surface area contributed by atoms with Crippen LogP contribution >= 0.6 is 0 Å². The fraction of sp³-hybridized carbons (Fsp3) is 0.625. The van der Waals surface area contributed by atoms with Crippen LogP contribution in [-0.4, -0.2) is 18.3 Å². The molecule has 1 saturated carbocycles. The van der Waals surface area contributed by atoms with E-state index in [2.05, 4.69) is 6.92 Å². The molecular formula is C16H25NO2. The van der Waals surface area contributed by atoms with Crippen molar-refractivity contribution in [3.8, 4) is 5.75 Å². The van der Waals surface area contributed by atoms with Crippen molar-refractivity contribution >= 4 is 0 Å². The van der Waals surface area contributed by atoms with Crippen LogP contribution in [0.3, 0.4) is 0 Å². The van der Waals surface area contributed by atoms with Crippen molar-refractivity contribution in [3.05, 3.63) is 29.8 Å². The summed E-state index contributed by atoms with van der Waals surface area (Å²) in [5, 5.41) is 10.7. The molecular weight excluding hydrogens is 238 g/mol. The van der Waals surface area contributed by atoms with Gasteiger partial charge in [0.05, 0.1) is 12.7 Å². The van der Waals surface area contributed by atoms with Gasteiger partial charge in [-0.15, -0.1) is 0 Å². The summed E-state index contributed by atoms with van der Waals surface area (Å²) in [4.78, 5) is 0. The Morgan fingerprint density at radius 3 is 2.74 bits per heavy atom. The van der Waals surface area contributed by atoms with E-state index in [1.54, 1.807) is 0 Å². The van der Waals surface area contributed by atoms with E-state index >= 15 is 0 Å². The molecule has 0 spiro atoms. The number of rotatable bonds is 6. The zero-order valence-electron chi connectivity index (χ0n) is 11.8. The minimum Gasteiger partial charge on any atom is -0.494 e. The van der Waals surface area contributed by atoms with E-state index in [1.165, 1.54) is 12.8 Å². The van der Waals surface area contributed by atoms with Gasteiger partial charge in [0.1, 0.15) is 5.75 Å². The third-order valence-electron chi connectivity index (χ3n) is 4.23. The van der Waals surface area contributed by atoms with Crippen LogP contribution in [-0.2, 0) is 0 Å². The van der Waals surface area contributed by atoms with Crippen molar-refractivity contribution in [2.75, 3.05) is 13.2 Å². The van der Waals surface area contributed by atoms with Crippen molar-refractivity contribution < 1.29 is 9.84 Å². The molecule has 0 aliphatic heterocycles. The first-order valence-corrected chi connectivity index (χ1v) is 7.33. The first-order chi connectivity index (χ1) is 9.22. The van der Waals surface area contributed by atoms with Gasteiger partial charge in [-0.1, -0.05) is 31.9 Å². The van der Waals surface area contributed by atoms with Crippen LogP contribution in [0.4, 0.5) is 0 Å². The second kappa shape index (κ2) is 6.40. The topological polar surface area (TPSA) is 55.5 Å². The Balaban J connectivity index is 2.15. The van der Waals surface area contributed by atoms with E-state index in [9.17, 15) is 5.11 Å². The van der Waals surface area contributed by atoms with Gasteiger partial charge in [-0.05, 0) is 37.0 Å². The van der Waals surface area contributed by atoms with E-state index in [1.807, 2.05) is 24.3 Å². The number of hydrogen-bond acceptors (Lipinski definition) is 3. The lowest BCUT2D eigenvalue weighted by atomic mass is 9.77. The largest absolute Gasteiger partial charge is 0.494 e. The molecule has 19 heavy (non-hydrogen) atoms. The van der Waals surface area contributed by atoms with Gasteiger partial charge in [-0.25, -0.2) is 0 Å². The summed E-state index contributed by atoms with van der Waals surface area (Å²) < 4.78 is 5.63. The molecule has 3 N–H and O–H groups in total. The van der Waals surface area contributed by atoms with E-state index < -0.39 is 6.10 Å². The summed E-state index contributed by atoms with van der Waals surface area (Å²) in [7, 11) is 0. The third-order valence-corrected chi connectivity index (χ3v) is 4.23. The van der Waals surface area contributed by atoms with Gasteiger partial charge in [-0.2, -0.15) is 0 Å². The molecule has 1 fully saturated rings. The molecule has 1 aliphatic carbocycles. The van der Waals surface area contributed by atoms with Crippen LogP contribution in [0, 0.1) is 5.41 Å². The predicted octanol–water partition coefficient (Wildman–Crippen LogP) is 3.03. The van der Waals surface area contributed by atoms with Crippen LogP contribution < -0.4 is 10.5 Å². The minimum atomic E-state index is -0.481. The Morgan fingerprint density at radius 1 is 1.37 bits per heavy atom. The maximum Gasteiger partial charge on any atom is 0.119 e. The van der Waals surface area contributed by atoms with Crippen LogP contribution in [0.5, 0.6) is 5.75 Å². The molecule has 0 heterocycles. The maximum atomic E-state index is 10.7. The van der Waals surface area contributed by atoms with Crippen LogP contribution in [0.1, 0.15) is 50.7 Å². The van der Waals surface area contributed by atoms with Crippen molar-refractivity contribution in [1.29, 1.82) is 0 Å². The normalized spacial score (nSPS) is 19.3. The number of hydrogen-bond donors (Lipinski definition) is 2. The molecule has 1 unspecified atom stereocenters. The predicted molar refractivity (Wildman–Crippen MR) is 77.1 cm³/mol. The molecule has 106 valence electrons. The molecule has 3 nitrogen and oxygen atoms in total. The van der Waals surface area contributed by atoms with E-state index in [-0.39, 0.29) is 5.41 Å². The lowest BCUT2D eigenvalue weighted by molar-refractivity contribution is 0.0331. The van der Waals surface area contributed by atoms with E-state index in [0.717, 1.165) is 30.6 Å². The van der Waals surface area contributed by atoms with Gasteiger partial charge in [0.2, 0.25) is 0 Å². The lowest BCUT2D eigenvalue weighted by Crippen LogP contribution is -2.34. The zero-order valence-corrected chi connectivity index (χ0v) is 11.8. The Morgan fingerprint density at radius 2 is 2.11 bits per heavy atom. The molecule has 0 amide bonds. The Kier molecular flexibility index (Phi) is 4.83. The molecule has 0 radical (unpaired) electrons. The Bertz CT molecular complexity index is 399. The smallest absolute Gasteiger partial charge is 0.119 e. The highest BCUT2D eigenvalue weighted by Gasteiger charge is 2.40. The number of benzene rings is 1. The quantitative estimate of drug-likeness (QED) is 0.829. The van der Waals surface area contributed by atoms with Crippen LogP contribution in [0.2, 0.25) is 0 Å². The summed E-state index contributed by atoms with van der Waals surface area (Å²) in [5.41, 5.74) is 6.73. The van der Waals surface area contributed by atoms with Gasteiger partial charge >= 0.3 is 0 Å². The first-order valence-electron chi connectivity index (χ1n) is 7.33. The van der Waals surface area contributed by atoms with Crippen molar-refractivity contribution in [3.63, 3.8) is 0 Å². The van der Waals surface area contributed by atoms with Crippen LogP contribution in [0.25, 0.3) is 0 Å². The second-order valence-corrected chi connectivity index (χ2v) is 5.60. The fourth-order valence-electron chi connectivity index (χ4n) is 3.02. The molecule has 3 heteroatoms. The molecule has 0 aromatic heterocycles. The number of nitrogens with two attached hydrogens (primary N) is 1. The summed E-state index contributed by atoms with van der Waals surface area (Å²) >= 11 is 0. The highest BCUT2D eigenvalue weighted by molar-refractivity contribution is 5.31. The van der Waals surface area contributed by atoms with Crippen LogP contribution in [0.15, 0.2) is 24.3 Å². The zero-order chi connectivity index (χ0) is 13.7. The molecule has 0 saturated heterocycles. The number of aliphatic hydroxyl groups excluding tert-OH is 1. The third kappa shape index (κ3) is 3.10.